The Bertz CT molecular complexity index is 1280. The van der Waals surface area contributed by atoms with Gasteiger partial charge in [-0.05, 0) is 41.8 Å². The zero-order valence-corrected chi connectivity index (χ0v) is 16.2. The Labute approximate surface area is 163 Å². The van der Waals surface area contributed by atoms with E-state index in [9.17, 15) is 8.42 Å². The van der Waals surface area contributed by atoms with Crippen molar-refractivity contribution in [2.45, 2.75) is 11.4 Å². The molecule has 0 saturated carbocycles. The Morgan fingerprint density at radius 2 is 1.70 bits per heavy atom. The molecule has 8 heteroatoms. The molecule has 3 aromatic carbocycles. The second-order valence-electron chi connectivity index (χ2n) is 6.15. The number of nitrogens with zero attached hydrogens (tertiary/aromatic N) is 3. The Balaban J connectivity index is 1.54. The van der Waals surface area contributed by atoms with E-state index in [-0.39, 0.29) is 12.4 Å². The largest absolute Gasteiger partial charge is 0.419 e. The highest BCUT2D eigenvalue weighted by molar-refractivity contribution is 9.10. The molecule has 0 bridgehead atoms. The van der Waals surface area contributed by atoms with E-state index in [0.29, 0.717) is 16.5 Å². The molecule has 0 fully saturated rings. The molecule has 0 radical (unpaired) electrons. The van der Waals surface area contributed by atoms with Gasteiger partial charge in [-0.25, -0.2) is 8.42 Å². The maximum absolute atomic E-state index is 13.0. The third-order valence-corrected chi connectivity index (χ3v) is 6.85. The summed E-state index contributed by atoms with van der Waals surface area (Å²) < 4.78 is 34.0. The van der Waals surface area contributed by atoms with Crippen LogP contribution in [0.3, 0.4) is 0 Å². The molecule has 4 aromatic rings. The minimum atomic E-state index is -3.66. The van der Waals surface area contributed by atoms with Gasteiger partial charge in [0.1, 0.15) is 6.54 Å². The normalized spacial score (nSPS) is 14.8. The van der Waals surface area contributed by atoms with Crippen molar-refractivity contribution >= 4 is 42.4 Å². The highest BCUT2D eigenvalue weighted by atomic mass is 79.9. The van der Waals surface area contributed by atoms with E-state index < -0.39 is 10.0 Å². The van der Waals surface area contributed by atoms with E-state index in [1.165, 1.54) is 4.31 Å². The molecule has 0 unspecified atom stereocenters. The van der Waals surface area contributed by atoms with E-state index in [1.807, 2.05) is 42.5 Å². The maximum Gasteiger partial charge on any atom is 0.265 e. The van der Waals surface area contributed by atoms with Crippen molar-refractivity contribution in [1.29, 1.82) is 0 Å². The minimum absolute atomic E-state index is 0.0142. The highest BCUT2D eigenvalue weighted by Gasteiger charge is 2.36. The van der Waals surface area contributed by atoms with E-state index in [0.717, 1.165) is 20.8 Å². The van der Waals surface area contributed by atoms with Crippen LogP contribution in [-0.2, 0) is 16.6 Å². The summed E-state index contributed by atoms with van der Waals surface area (Å²) in [4.78, 5) is 0.309. The molecule has 0 amide bonds. The molecule has 134 valence electrons. The zero-order valence-electron chi connectivity index (χ0n) is 13.8. The van der Waals surface area contributed by atoms with Gasteiger partial charge < -0.3 is 4.42 Å². The lowest BCUT2D eigenvalue weighted by Crippen LogP contribution is -2.26. The summed E-state index contributed by atoms with van der Waals surface area (Å²) in [6, 6.07) is 18.3. The van der Waals surface area contributed by atoms with E-state index in [2.05, 4.69) is 26.1 Å². The summed E-state index contributed by atoms with van der Waals surface area (Å²) in [5.74, 6) is 0.589. The topological polar surface area (TPSA) is 76.3 Å². The van der Waals surface area contributed by atoms with Crippen molar-refractivity contribution in [3.05, 3.63) is 71.0 Å². The SMILES string of the molecule is O=S1(=O)c2cccc3cccc(c23)N1Cc1nnc(-c2ccc(Br)cc2)o1. The van der Waals surface area contributed by atoms with Crippen LogP contribution in [0.1, 0.15) is 5.89 Å². The lowest BCUT2D eigenvalue weighted by atomic mass is 10.1. The zero-order chi connectivity index (χ0) is 18.6. The molecule has 1 aliphatic rings. The van der Waals surface area contributed by atoms with Crippen LogP contribution in [0.4, 0.5) is 5.69 Å². The number of anilines is 1. The quantitative estimate of drug-likeness (QED) is 0.471. The number of aromatic nitrogens is 2. The van der Waals surface area contributed by atoms with Gasteiger partial charge >= 0.3 is 0 Å². The van der Waals surface area contributed by atoms with Crippen LogP contribution in [0.25, 0.3) is 22.2 Å². The van der Waals surface area contributed by atoms with Crippen LogP contribution in [-0.4, -0.2) is 18.6 Å². The molecule has 0 saturated heterocycles. The first kappa shape index (κ1) is 16.5. The van der Waals surface area contributed by atoms with Gasteiger partial charge in [0.25, 0.3) is 10.0 Å². The van der Waals surface area contributed by atoms with Crippen LogP contribution < -0.4 is 4.31 Å². The monoisotopic (exact) mass is 441 g/mol. The molecule has 0 atom stereocenters. The molecular weight excluding hydrogens is 430 g/mol. The fourth-order valence-corrected chi connectivity index (χ4v) is 5.20. The first-order valence-corrected chi connectivity index (χ1v) is 10.4. The van der Waals surface area contributed by atoms with Crippen molar-refractivity contribution in [3.63, 3.8) is 0 Å². The van der Waals surface area contributed by atoms with E-state index >= 15 is 0 Å². The van der Waals surface area contributed by atoms with Crippen molar-refractivity contribution in [2.75, 3.05) is 4.31 Å². The maximum atomic E-state index is 13.0. The van der Waals surface area contributed by atoms with E-state index in [4.69, 9.17) is 4.42 Å². The Hall–Kier alpha value is -2.71. The second kappa shape index (κ2) is 5.90. The van der Waals surface area contributed by atoms with Gasteiger partial charge in [0.15, 0.2) is 0 Å². The summed E-state index contributed by atoms with van der Waals surface area (Å²) in [6.07, 6.45) is 0. The van der Waals surface area contributed by atoms with Crippen LogP contribution in [0.2, 0.25) is 0 Å². The van der Waals surface area contributed by atoms with Crippen molar-refractivity contribution in [2.24, 2.45) is 0 Å². The third kappa shape index (κ3) is 2.55. The van der Waals surface area contributed by atoms with Gasteiger partial charge in [0.2, 0.25) is 11.8 Å². The number of hydrogen-bond donors (Lipinski definition) is 0. The molecule has 27 heavy (non-hydrogen) atoms. The summed E-state index contributed by atoms with van der Waals surface area (Å²) in [5, 5.41) is 9.70. The van der Waals surface area contributed by atoms with Crippen LogP contribution in [0.5, 0.6) is 0 Å². The first-order chi connectivity index (χ1) is 13.0. The Morgan fingerprint density at radius 1 is 0.963 bits per heavy atom. The predicted octanol–water partition coefficient (Wildman–Crippen LogP) is 4.36. The van der Waals surface area contributed by atoms with Gasteiger partial charge in [-0.2, -0.15) is 0 Å². The van der Waals surface area contributed by atoms with Crippen molar-refractivity contribution < 1.29 is 12.8 Å². The summed E-state index contributed by atoms with van der Waals surface area (Å²) >= 11 is 3.38. The van der Waals surface area contributed by atoms with Gasteiger partial charge in [-0.1, -0.05) is 40.2 Å². The molecule has 5 rings (SSSR count). The summed E-state index contributed by atoms with van der Waals surface area (Å²) in [7, 11) is -3.66. The number of sulfonamides is 1. The van der Waals surface area contributed by atoms with Gasteiger partial charge in [0.05, 0.1) is 10.6 Å². The van der Waals surface area contributed by atoms with Crippen molar-refractivity contribution in [1.82, 2.24) is 10.2 Å². The van der Waals surface area contributed by atoms with Crippen LogP contribution in [0.15, 0.2) is 74.4 Å². The molecule has 0 aliphatic carbocycles. The smallest absolute Gasteiger partial charge is 0.265 e. The Morgan fingerprint density at radius 3 is 2.48 bits per heavy atom. The molecule has 0 N–H and O–H groups in total. The Kier molecular flexibility index (Phi) is 3.60. The average Bonchev–Trinajstić information content (AvgIpc) is 3.21. The molecule has 1 aromatic heterocycles. The molecule has 1 aliphatic heterocycles. The average molecular weight is 442 g/mol. The molecule has 6 nitrogen and oxygen atoms in total. The second-order valence-corrected chi connectivity index (χ2v) is 8.90. The highest BCUT2D eigenvalue weighted by Crippen LogP contribution is 2.42. The molecular formula is C19H12BrN3O3S. The lowest BCUT2D eigenvalue weighted by Gasteiger charge is -2.16. The first-order valence-electron chi connectivity index (χ1n) is 8.17. The molecule has 2 heterocycles. The number of hydrogen-bond acceptors (Lipinski definition) is 5. The summed E-state index contributed by atoms with van der Waals surface area (Å²) in [5.41, 5.74) is 1.40. The van der Waals surface area contributed by atoms with Crippen molar-refractivity contribution in [3.8, 4) is 11.5 Å². The van der Waals surface area contributed by atoms with Gasteiger partial charge in [0, 0.05) is 15.4 Å². The fraction of sp³-hybridized carbons (Fsp3) is 0.0526. The lowest BCUT2D eigenvalue weighted by molar-refractivity contribution is 0.505. The standard InChI is InChI=1S/C19H12BrN3O3S/c20-14-9-7-13(8-10-14)19-22-21-17(26-19)11-23-15-5-1-3-12-4-2-6-16(18(12)15)27(23,24)25/h1-10H,11H2. The van der Waals surface area contributed by atoms with Crippen LogP contribution in [0, 0.1) is 0 Å². The fourth-order valence-electron chi connectivity index (χ4n) is 3.28. The minimum Gasteiger partial charge on any atom is -0.419 e. The predicted molar refractivity (Wildman–Crippen MR) is 105 cm³/mol. The van der Waals surface area contributed by atoms with Gasteiger partial charge in [-0.15, -0.1) is 10.2 Å². The number of benzene rings is 3. The summed E-state index contributed by atoms with van der Waals surface area (Å²) in [6.45, 7) is -0.0142. The third-order valence-electron chi connectivity index (χ3n) is 4.52. The number of halogens is 1. The molecule has 0 spiro atoms. The van der Waals surface area contributed by atoms with E-state index in [1.54, 1.807) is 18.2 Å². The number of rotatable bonds is 3. The van der Waals surface area contributed by atoms with Gasteiger partial charge in [-0.3, -0.25) is 4.31 Å². The van der Waals surface area contributed by atoms with Crippen LogP contribution >= 0.6 is 15.9 Å².